The highest BCUT2D eigenvalue weighted by Crippen LogP contribution is 2.18. The molecule has 22 heavy (non-hydrogen) atoms. The third-order valence-electron chi connectivity index (χ3n) is 3.83. The molecule has 1 heterocycles. The first-order chi connectivity index (χ1) is 10.8. The van der Waals surface area contributed by atoms with Crippen LogP contribution in [0.1, 0.15) is 28.4 Å². The lowest BCUT2D eigenvalue weighted by Crippen LogP contribution is -2.32. The Kier molecular flexibility index (Phi) is 4.10. The van der Waals surface area contributed by atoms with Gasteiger partial charge in [-0.1, -0.05) is 48.6 Å². The topological polar surface area (TPSA) is 20.9 Å². The van der Waals surface area contributed by atoms with Crippen molar-refractivity contribution < 1.29 is 9.36 Å². The monoisotopic (exact) mass is 288 g/mol. The van der Waals surface area contributed by atoms with Crippen LogP contribution in [-0.4, -0.2) is 6.29 Å². The predicted molar refractivity (Wildman–Crippen MR) is 90.6 cm³/mol. The summed E-state index contributed by atoms with van der Waals surface area (Å²) in [4.78, 5) is 10.7. The van der Waals surface area contributed by atoms with Crippen LogP contribution in [0.3, 0.4) is 0 Å². The fourth-order valence-electron chi connectivity index (χ4n) is 2.60. The Morgan fingerprint density at radius 1 is 0.909 bits per heavy atom. The summed E-state index contributed by atoms with van der Waals surface area (Å²) in [6, 6.07) is 18.2. The number of pyridine rings is 1. The van der Waals surface area contributed by atoms with E-state index in [1.165, 1.54) is 16.5 Å². The van der Waals surface area contributed by atoms with Crippen molar-refractivity contribution in [1.29, 1.82) is 0 Å². The van der Waals surface area contributed by atoms with Crippen LogP contribution in [-0.2, 0) is 6.54 Å². The summed E-state index contributed by atoms with van der Waals surface area (Å²) >= 11 is 0. The minimum absolute atomic E-state index is 0.700. The van der Waals surface area contributed by atoms with Gasteiger partial charge in [-0.3, -0.25) is 4.79 Å². The van der Waals surface area contributed by atoms with Gasteiger partial charge >= 0.3 is 0 Å². The standard InChI is InChI=1S/C20H18NO/c1-2-21-14-13-18(19-5-3-4-6-20(19)21)12-11-16-7-9-17(15-22)10-8-16/h3-15H,2H2,1H3/q+1. The Balaban J connectivity index is 1.99. The summed E-state index contributed by atoms with van der Waals surface area (Å²) in [5.74, 6) is 0. The maximum atomic E-state index is 10.7. The van der Waals surface area contributed by atoms with Gasteiger partial charge in [0.25, 0.3) is 0 Å². The highest BCUT2D eigenvalue weighted by molar-refractivity contribution is 5.88. The number of nitrogens with zero attached hydrogens (tertiary/aromatic N) is 1. The van der Waals surface area contributed by atoms with Gasteiger partial charge in [-0.25, -0.2) is 0 Å². The van der Waals surface area contributed by atoms with Crippen LogP contribution in [0, 0.1) is 0 Å². The second-order valence-corrected chi connectivity index (χ2v) is 5.19. The molecule has 1 aromatic heterocycles. The van der Waals surface area contributed by atoms with Crippen molar-refractivity contribution in [3.8, 4) is 0 Å². The van der Waals surface area contributed by atoms with Gasteiger partial charge in [0.15, 0.2) is 6.20 Å². The molecule has 0 atom stereocenters. The molecular formula is C20H18NO+. The summed E-state index contributed by atoms with van der Waals surface area (Å²) in [5.41, 5.74) is 4.22. The molecule has 3 aromatic rings. The molecule has 0 aliphatic carbocycles. The highest BCUT2D eigenvalue weighted by atomic mass is 16.1. The molecule has 2 aromatic carbocycles. The van der Waals surface area contributed by atoms with E-state index in [1.54, 1.807) is 0 Å². The van der Waals surface area contributed by atoms with Gasteiger partial charge in [0.1, 0.15) is 12.8 Å². The third-order valence-corrected chi connectivity index (χ3v) is 3.83. The average molecular weight is 288 g/mol. The first-order valence-corrected chi connectivity index (χ1v) is 7.46. The van der Waals surface area contributed by atoms with E-state index in [0.717, 1.165) is 18.4 Å². The lowest BCUT2D eigenvalue weighted by molar-refractivity contribution is -0.667. The molecule has 0 radical (unpaired) electrons. The number of hydrogen-bond donors (Lipinski definition) is 0. The lowest BCUT2D eigenvalue weighted by Gasteiger charge is -2.02. The summed E-state index contributed by atoms with van der Waals surface area (Å²) in [6.45, 7) is 3.11. The van der Waals surface area contributed by atoms with Crippen LogP contribution in [0.15, 0.2) is 60.8 Å². The number of benzene rings is 2. The molecule has 0 fully saturated rings. The van der Waals surface area contributed by atoms with Gasteiger partial charge in [0.2, 0.25) is 5.52 Å². The normalized spacial score (nSPS) is 11.1. The van der Waals surface area contributed by atoms with Crippen molar-refractivity contribution in [1.82, 2.24) is 0 Å². The second kappa shape index (κ2) is 6.35. The zero-order valence-electron chi connectivity index (χ0n) is 12.6. The molecule has 0 saturated carbocycles. The predicted octanol–water partition coefficient (Wildman–Crippen LogP) is 4.13. The number of carbonyl (C=O) groups is 1. The van der Waals surface area contributed by atoms with E-state index >= 15 is 0 Å². The molecule has 2 nitrogen and oxygen atoms in total. The first-order valence-electron chi connectivity index (χ1n) is 7.46. The Labute approximate surface area is 130 Å². The summed E-state index contributed by atoms with van der Waals surface area (Å²) in [5, 5.41) is 1.24. The molecule has 0 bridgehead atoms. The maximum Gasteiger partial charge on any atom is 0.213 e. The highest BCUT2D eigenvalue weighted by Gasteiger charge is 2.08. The van der Waals surface area contributed by atoms with Crippen molar-refractivity contribution in [3.63, 3.8) is 0 Å². The van der Waals surface area contributed by atoms with Crippen LogP contribution in [0.4, 0.5) is 0 Å². The van der Waals surface area contributed by atoms with Crippen molar-refractivity contribution in [2.75, 3.05) is 0 Å². The van der Waals surface area contributed by atoms with E-state index in [-0.39, 0.29) is 0 Å². The summed E-state index contributed by atoms with van der Waals surface area (Å²) < 4.78 is 2.24. The maximum absolute atomic E-state index is 10.7. The Morgan fingerprint density at radius 2 is 1.64 bits per heavy atom. The number of aldehydes is 1. The minimum atomic E-state index is 0.700. The van der Waals surface area contributed by atoms with E-state index in [4.69, 9.17) is 0 Å². The molecule has 0 aliphatic heterocycles. The SMILES string of the molecule is CC[n+]1ccc(C=Cc2ccc(C=O)cc2)c2ccccc21. The van der Waals surface area contributed by atoms with Crippen molar-refractivity contribution in [2.45, 2.75) is 13.5 Å². The van der Waals surface area contributed by atoms with Crippen LogP contribution >= 0.6 is 0 Å². The van der Waals surface area contributed by atoms with Crippen LogP contribution in [0.2, 0.25) is 0 Å². The van der Waals surface area contributed by atoms with Gasteiger partial charge in [0.05, 0.1) is 5.39 Å². The fraction of sp³-hybridized carbons (Fsp3) is 0.100. The molecule has 0 saturated heterocycles. The van der Waals surface area contributed by atoms with Gasteiger partial charge in [-0.15, -0.1) is 0 Å². The molecule has 0 unspecified atom stereocenters. The molecule has 0 N–H and O–H groups in total. The number of hydrogen-bond acceptors (Lipinski definition) is 1. The number of aryl methyl sites for hydroxylation is 1. The number of carbonyl (C=O) groups excluding carboxylic acids is 1. The smallest absolute Gasteiger partial charge is 0.213 e. The average Bonchev–Trinajstić information content (AvgIpc) is 2.60. The van der Waals surface area contributed by atoms with E-state index < -0.39 is 0 Å². The lowest BCUT2D eigenvalue weighted by atomic mass is 10.1. The van der Waals surface area contributed by atoms with Crippen LogP contribution in [0.5, 0.6) is 0 Å². The molecular weight excluding hydrogens is 270 g/mol. The number of fused-ring (bicyclic) bond motifs is 1. The Hall–Kier alpha value is -2.74. The molecule has 0 amide bonds. The second-order valence-electron chi connectivity index (χ2n) is 5.19. The molecule has 3 rings (SSSR count). The van der Waals surface area contributed by atoms with E-state index in [2.05, 4.69) is 60.2 Å². The van der Waals surface area contributed by atoms with E-state index in [0.29, 0.717) is 5.56 Å². The summed E-state index contributed by atoms with van der Waals surface area (Å²) in [6.07, 6.45) is 7.18. The zero-order chi connectivity index (χ0) is 15.4. The number of aromatic nitrogens is 1. The van der Waals surface area contributed by atoms with Gasteiger partial charge in [-0.05, 0) is 24.1 Å². The zero-order valence-corrected chi connectivity index (χ0v) is 12.6. The molecule has 108 valence electrons. The first kappa shape index (κ1) is 14.2. The quantitative estimate of drug-likeness (QED) is 0.522. The number of rotatable bonds is 4. The van der Waals surface area contributed by atoms with Gasteiger partial charge < -0.3 is 0 Å². The summed E-state index contributed by atoms with van der Waals surface area (Å²) in [7, 11) is 0. The Morgan fingerprint density at radius 3 is 2.36 bits per heavy atom. The molecule has 2 heteroatoms. The fourth-order valence-corrected chi connectivity index (χ4v) is 2.60. The third kappa shape index (κ3) is 2.82. The molecule has 0 aliphatic rings. The largest absolute Gasteiger partial charge is 0.298 e. The van der Waals surface area contributed by atoms with Gasteiger partial charge in [0, 0.05) is 17.7 Å². The van der Waals surface area contributed by atoms with Crippen molar-refractivity contribution in [3.05, 3.63) is 77.5 Å². The van der Waals surface area contributed by atoms with Crippen LogP contribution in [0.25, 0.3) is 23.1 Å². The van der Waals surface area contributed by atoms with Crippen molar-refractivity contribution in [2.24, 2.45) is 0 Å². The molecule has 0 spiro atoms. The minimum Gasteiger partial charge on any atom is -0.298 e. The van der Waals surface area contributed by atoms with Gasteiger partial charge in [-0.2, -0.15) is 4.57 Å². The van der Waals surface area contributed by atoms with E-state index in [9.17, 15) is 4.79 Å². The van der Waals surface area contributed by atoms with E-state index in [1.807, 2.05) is 24.3 Å². The Bertz CT molecular complexity index is 832. The van der Waals surface area contributed by atoms with Crippen molar-refractivity contribution >= 4 is 29.3 Å². The number of para-hydroxylation sites is 1. The van der Waals surface area contributed by atoms with Crippen LogP contribution < -0.4 is 4.57 Å².